The summed E-state index contributed by atoms with van der Waals surface area (Å²) in [6.07, 6.45) is 0. The maximum Gasteiger partial charge on any atom is 0.230 e. The lowest BCUT2D eigenvalue weighted by atomic mass is 10.3. The fourth-order valence-corrected chi connectivity index (χ4v) is 4.68. The number of nitrogens with zero attached hydrogens (tertiary/aromatic N) is 3. The number of nitrogens with one attached hydrogen (secondary N) is 1. The molecule has 0 fully saturated rings. The first-order valence-corrected chi connectivity index (χ1v) is 12.2. The lowest BCUT2D eigenvalue weighted by molar-refractivity contribution is -0.119. The summed E-state index contributed by atoms with van der Waals surface area (Å²) in [5.74, 6) is 2.29. The second-order valence-corrected chi connectivity index (χ2v) is 9.05. The van der Waals surface area contributed by atoms with Crippen molar-refractivity contribution in [3.05, 3.63) is 82.8 Å². The number of carbonyl (C=O) groups is 1. The van der Waals surface area contributed by atoms with Gasteiger partial charge in [-0.15, -0.1) is 21.5 Å². The molecule has 0 radical (unpaired) electrons. The number of carbonyl (C=O) groups excluding carboxylic acids is 1. The molecule has 33 heavy (non-hydrogen) atoms. The van der Waals surface area contributed by atoms with Gasteiger partial charge in [-0.05, 0) is 54.8 Å². The van der Waals surface area contributed by atoms with Gasteiger partial charge in [-0.1, -0.05) is 36.0 Å². The molecule has 0 aliphatic heterocycles. The van der Waals surface area contributed by atoms with Gasteiger partial charge in [0.2, 0.25) is 5.91 Å². The number of ether oxygens (including phenoxy) is 2. The minimum absolute atomic E-state index is 0.0291. The van der Waals surface area contributed by atoms with Crippen LogP contribution in [0.3, 0.4) is 0 Å². The molecule has 170 valence electrons. The van der Waals surface area contributed by atoms with Gasteiger partial charge >= 0.3 is 0 Å². The zero-order valence-corrected chi connectivity index (χ0v) is 19.9. The van der Waals surface area contributed by atoms with E-state index in [0.717, 1.165) is 16.3 Å². The largest absolute Gasteiger partial charge is 0.497 e. The van der Waals surface area contributed by atoms with E-state index >= 15 is 0 Å². The lowest BCUT2D eigenvalue weighted by Gasteiger charge is -2.13. The average molecular weight is 481 g/mol. The van der Waals surface area contributed by atoms with Crippen LogP contribution in [0.5, 0.6) is 11.5 Å². The number of hydrogen-bond donors (Lipinski definition) is 1. The Bertz CT molecular complexity index is 1160. The van der Waals surface area contributed by atoms with E-state index in [1.807, 2.05) is 83.6 Å². The standard InChI is InChI=1S/C24H24N4O3S2/c1-17(21-9-6-14-32-21)25-23(29)16-33-24-27-26-22(28(24)18-7-4-3-5-8-18)15-31-20-12-10-19(30-2)11-13-20/h3-14,17H,15-16H2,1-2H3,(H,25,29). The first-order valence-electron chi connectivity index (χ1n) is 10.4. The number of aromatic nitrogens is 3. The smallest absolute Gasteiger partial charge is 0.230 e. The SMILES string of the molecule is COc1ccc(OCc2nnc(SCC(=O)NC(C)c3cccs3)n2-c2ccccc2)cc1. The van der Waals surface area contributed by atoms with Gasteiger partial charge < -0.3 is 14.8 Å². The quantitative estimate of drug-likeness (QED) is 0.326. The maximum absolute atomic E-state index is 12.5. The lowest BCUT2D eigenvalue weighted by Crippen LogP contribution is -2.27. The van der Waals surface area contributed by atoms with Gasteiger partial charge in [-0.3, -0.25) is 9.36 Å². The van der Waals surface area contributed by atoms with Crippen molar-refractivity contribution in [1.29, 1.82) is 0 Å². The summed E-state index contributed by atoms with van der Waals surface area (Å²) in [5.41, 5.74) is 0.908. The van der Waals surface area contributed by atoms with Crippen LogP contribution in [0, 0.1) is 0 Å². The van der Waals surface area contributed by atoms with Crippen LogP contribution >= 0.6 is 23.1 Å². The van der Waals surface area contributed by atoms with Gasteiger partial charge in [-0.2, -0.15) is 0 Å². The highest BCUT2D eigenvalue weighted by Gasteiger charge is 2.17. The highest BCUT2D eigenvalue weighted by Crippen LogP contribution is 2.24. The molecular weight excluding hydrogens is 456 g/mol. The number of hydrogen-bond acceptors (Lipinski definition) is 7. The normalized spacial score (nSPS) is 11.7. The molecule has 4 rings (SSSR count). The van der Waals surface area contributed by atoms with E-state index in [1.54, 1.807) is 18.4 Å². The summed E-state index contributed by atoms with van der Waals surface area (Å²) in [7, 11) is 1.63. The Labute approximate surface area is 200 Å². The van der Waals surface area contributed by atoms with Crippen LogP contribution in [0.25, 0.3) is 5.69 Å². The molecule has 1 unspecified atom stereocenters. The molecule has 0 saturated carbocycles. The highest BCUT2D eigenvalue weighted by atomic mass is 32.2. The molecule has 1 N–H and O–H groups in total. The van der Waals surface area contributed by atoms with Crippen molar-refractivity contribution in [3.8, 4) is 17.2 Å². The van der Waals surface area contributed by atoms with E-state index in [9.17, 15) is 4.79 Å². The van der Waals surface area contributed by atoms with E-state index in [0.29, 0.717) is 16.7 Å². The van der Waals surface area contributed by atoms with Gasteiger partial charge in [0.15, 0.2) is 11.0 Å². The van der Waals surface area contributed by atoms with Crippen molar-refractivity contribution in [3.63, 3.8) is 0 Å². The Morgan fingerprint density at radius 3 is 2.52 bits per heavy atom. The van der Waals surface area contributed by atoms with Gasteiger partial charge in [0.1, 0.15) is 18.1 Å². The summed E-state index contributed by atoms with van der Waals surface area (Å²) in [5, 5.41) is 14.3. The molecular formula is C24H24N4O3S2. The number of thiophene rings is 1. The predicted octanol–water partition coefficient (Wildman–Crippen LogP) is 4.89. The molecule has 0 saturated heterocycles. The summed E-state index contributed by atoms with van der Waals surface area (Å²) >= 11 is 2.97. The summed E-state index contributed by atoms with van der Waals surface area (Å²) < 4.78 is 13.0. The van der Waals surface area contributed by atoms with Gasteiger partial charge in [0.25, 0.3) is 0 Å². The minimum Gasteiger partial charge on any atom is -0.497 e. The third-order valence-electron chi connectivity index (χ3n) is 4.82. The Morgan fingerprint density at radius 1 is 1.06 bits per heavy atom. The van der Waals surface area contributed by atoms with E-state index in [2.05, 4.69) is 15.5 Å². The molecule has 4 aromatic rings. The van der Waals surface area contributed by atoms with Crippen molar-refractivity contribution < 1.29 is 14.3 Å². The van der Waals surface area contributed by atoms with Crippen LogP contribution in [0.1, 0.15) is 23.7 Å². The first kappa shape index (κ1) is 22.9. The van der Waals surface area contributed by atoms with Crippen molar-refractivity contribution in [2.75, 3.05) is 12.9 Å². The fourth-order valence-electron chi connectivity index (χ4n) is 3.17. The first-order chi connectivity index (χ1) is 16.1. The zero-order valence-electron chi connectivity index (χ0n) is 18.3. The van der Waals surface area contributed by atoms with Crippen LogP contribution in [-0.4, -0.2) is 33.5 Å². The maximum atomic E-state index is 12.5. The Hall–Kier alpha value is -3.30. The minimum atomic E-state index is -0.0560. The number of methoxy groups -OCH3 is 1. The molecule has 0 bridgehead atoms. The fraction of sp³-hybridized carbons (Fsp3) is 0.208. The molecule has 9 heteroatoms. The molecule has 1 amide bonds. The number of benzene rings is 2. The van der Waals surface area contributed by atoms with Crippen LogP contribution in [0.4, 0.5) is 0 Å². The second-order valence-electron chi connectivity index (χ2n) is 7.13. The molecule has 1 atom stereocenters. The number of para-hydroxylation sites is 1. The highest BCUT2D eigenvalue weighted by molar-refractivity contribution is 7.99. The van der Waals surface area contributed by atoms with Crippen molar-refractivity contribution in [1.82, 2.24) is 20.1 Å². The van der Waals surface area contributed by atoms with E-state index < -0.39 is 0 Å². The molecule has 0 spiro atoms. The monoisotopic (exact) mass is 480 g/mol. The second kappa shape index (κ2) is 11.0. The zero-order chi connectivity index (χ0) is 23.0. The van der Waals surface area contributed by atoms with Gasteiger partial charge in [0, 0.05) is 10.6 Å². The Kier molecular flexibility index (Phi) is 7.64. The number of rotatable bonds is 10. The van der Waals surface area contributed by atoms with E-state index in [-0.39, 0.29) is 24.3 Å². The number of thioether (sulfide) groups is 1. The molecule has 2 aromatic heterocycles. The predicted molar refractivity (Wildman–Crippen MR) is 130 cm³/mol. The Balaban J connectivity index is 1.45. The summed E-state index contributed by atoms with van der Waals surface area (Å²) in [6.45, 7) is 2.21. The van der Waals surface area contributed by atoms with Crippen LogP contribution in [0.15, 0.2) is 77.3 Å². The van der Waals surface area contributed by atoms with Crippen LogP contribution in [0.2, 0.25) is 0 Å². The Morgan fingerprint density at radius 2 is 1.82 bits per heavy atom. The van der Waals surface area contributed by atoms with E-state index in [1.165, 1.54) is 11.8 Å². The van der Waals surface area contributed by atoms with Crippen molar-refractivity contribution in [2.24, 2.45) is 0 Å². The van der Waals surface area contributed by atoms with Crippen molar-refractivity contribution in [2.45, 2.75) is 24.7 Å². The summed E-state index contributed by atoms with van der Waals surface area (Å²) in [6, 6.07) is 21.1. The summed E-state index contributed by atoms with van der Waals surface area (Å²) in [4.78, 5) is 13.6. The third kappa shape index (κ3) is 5.94. The van der Waals surface area contributed by atoms with E-state index in [4.69, 9.17) is 9.47 Å². The van der Waals surface area contributed by atoms with Crippen molar-refractivity contribution >= 4 is 29.0 Å². The third-order valence-corrected chi connectivity index (χ3v) is 6.81. The average Bonchev–Trinajstić information content (AvgIpc) is 3.53. The van der Waals surface area contributed by atoms with Gasteiger partial charge in [0.05, 0.1) is 18.9 Å². The molecule has 0 aliphatic carbocycles. The topological polar surface area (TPSA) is 78.3 Å². The molecule has 2 aromatic carbocycles. The molecule has 0 aliphatic rings. The van der Waals surface area contributed by atoms with Crippen LogP contribution in [-0.2, 0) is 11.4 Å². The van der Waals surface area contributed by atoms with Crippen LogP contribution < -0.4 is 14.8 Å². The van der Waals surface area contributed by atoms with Gasteiger partial charge in [-0.25, -0.2) is 0 Å². The molecule has 7 nitrogen and oxygen atoms in total. The number of amides is 1. The molecule has 2 heterocycles.